The van der Waals surface area contributed by atoms with Crippen molar-refractivity contribution in [2.45, 2.75) is 31.9 Å². The van der Waals surface area contributed by atoms with Crippen LogP contribution in [0.1, 0.15) is 35.2 Å². The zero-order chi connectivity index (χ0) is 24.5. The largest absolute Gasteiger partial charge is 0.417 e. The fourth-order valence-electron chi connectivity index (χ4n) is 4.04. The zero-order valence-corrected chi connectivity index (χ0v) is 18.1. The molecule has 4 rings (SSSR count). The van der Waals surface area contributed by atoms with Crippen LogP contribution in [0.4, 0.5) is 26.3 Å². The Balaban J connectivity index is 1.62. The number of hydrogen-bond donors (Lipinski definition) is 1. The van der Waals surface area contributed by atoms with Crippen LogP contribution in [0.25, 0.3) is 21.9 Å². The molecule has 0 aliphatic carbocycles. The molecule has 176 valence electrons. The first-order valence-corrected chi connectivity index (χ1v) is 10.6. The Morgan fingerprint density at radius 1 is 0.735 bits per heavy atom. The van der Waals surface area contributed by atoms with Crippen molar-refractivity contribution < 1.29 is 26.3 Å². The number of alkyl halides is 6. The molecule has 0 radical (unpaired) electrons. The molecule has 34 heavy (non-hydrogen) atoms. The van der Waals surface area contributed by atoms with Crippen LogP contribution in [0.2, 0.25) is 0 Å². The molecule has 0 fully saturated rings. The Bertz CT molecular complexity index is 1280. The highest BCUT2D eigenvalue weighted by molar-refractivity contribution is 5.86. The Morgan fingerprint density at radius 2 is 1.41 bits per heavy atom. The lowest BCUT2D eigenvalue weighted by Gasteiger charge is -2.19. The summed E-state index contributed by atoms with van der Waals surface area (Å²) in [6, 6.07) is 21.3. The molecule has 4 aromatic rings. The number of nitrogens with one attached hydrogen (secondary N) is 1. The van der Waals surface area contributed by atoms with Crippen LogP contribution in [-0.4, -0.2) is 0 Å². The molecular weight excluding hydrogens is 452 g/mol. The van der Waals surface area contributed by atoms with Crippen molar-refractivity contribution in [1.82, 2.24) is 5.32 Å². The van der Waals surface area contributed by atoms with Crippen LogP contribution in [0.15, 0.2) is 84.9 Å². The van der Waals surface area contributed by atoms with Gasteiger partial charge in [-0.15, -0.1) is 0 Å². The summed E-state index contributed by atoms with van der Waals surface area (Å²) in [4.78, 5) is 0. The highest BCUT2D eigenvalue weighted by atomic mass is 19.4. The maximum atomic E-state index is 13.6. The molecule has 0 aromatic heterocycles. The van der Waals surface area contributed by atoms with E-state index in [9.17, 15) is 26.3 Å². The maximum Gasteiger partial charge on any atom is 0.417 e. The summed E-state index contributed by atoms with van der Waals surface area (Å²) in [7, 11) is 0. The average Bonchev–Trinajstić information content (AvgIpc) is 2.81. The lowest BCUT2D eigenvalue weighted by molar-refractivity contribution is -0.138. The van der Waals surface area contributed by atoms with Gasteiger partial charge in [0, 0.05) is 12.6 Å². The van der Waals surface area contributed by atoms with E-state index < -0.39 is 23.5 Å². The van der Waals surface area contributed by atoms with Gasteiger partial charge in [-0.2, -0.15) is 26.3 Å². The minimum atomic E-state index is -4.64. The van der Waals surface area contributed by atoms with Gasteiger partial charge in [-0.05, 0) is 64.2 Å². The van der Waals surface area contributed by atoms with Crippen molar-refractivity contribution in [2.75, 3.05) is 0 Å². The lowest BCUT2D eigenvalue weighted by atomic mass is 9.95. The average molecular weight is 473 g/mol. The van der Waals surface area contributed by atoms with E-state index in [4.69, 9.17) is 0 Å². The highest BCUT2D eigenvalue weighted by Gasteiger charge is 2.34. The first kappa shape index (κ1) is 23.8. The summed E-state index contributed by atoms with van der Waals surface area (Å²) >= 11 is 0. The van der Waals surface area contributed by atoms with E-state index >= 15 is 0 Å². The van der Waals surface area contributed by atoms with E-state index in [-0.39, 0.29) is 23.7 Å². The van der Waals surface area contributed by atoms with Crippen LogP contribution in [-0.2, 0) is 18.9 Å². The van der Waals surface area contributed by atoms with Crippen molar-refractivity contribution in [3.05, 3.63) is 107 Å². The summed E-state index contributed by atoms with van der Waals surface area (Å²) < 4.78 is 79.5. The molecule has 1 atom stereocenters. The van der Waals surface area contributed by atoms with Crippen molar-refractivity contribution in [3.63, 3.8) is 0 Å². The fraction of sp³-hybridized carbons (Fsp3) is 0.185. The molecule has 0 heterocycles. The van der Waals surface area contributed by atoms with Gasteiger partial charge in [0.2, 0.25) is 0 Å². The summed E-state index contributed by atoms with van der Waals surface area (Å²) in [6.45, 7) is 2.26. The van der Waals surface area contributed by atoms with Crippen LogP contribution >= 0.6 is 0 Å². The summed E-state index contributed by atoms with van der Waals surface area (Å²) in [5.74, 6) is 0. The zero-order valence-electron chi connectivity index (χ0n) is 18.1. The second-order valence-corrected chi connectivity index (χ2v) is 8.12. The molecule has 1 N–H and O–H groups in total. The summed E-state index contributed by atoms with van der Waals surface area (Å²) in [6.07, 6.45) is -9.20. The van der Waals surface area contributed by atoms with E-state index in [1.54, 1.807) is 0 Å². The summed E-state index contributed by atoms with van der Waals surface area (Å²) in [5, 5.41) is 5.52. The Morgan fingerprint density at radius 3 is 2.09 bits per heavy atom. The summed E-state index contributed by atoms with van der Waals surface area (Å²) in [5.41, 5.74) is -0.227. The van der Waals surface area contributed by atoms with Gasteiger partial charge in [0.05, 0.1) is 11.1 Å². The van der Waals surface area contributed by atoms with Gasteiger partial charge in [0.15, 0.2) is 0 Å². The van der Waals surface area contributed by atoms with E-state index in [0.29, 0.717) is 5.56 Å². The van der Waals surface area contributed by atoms with Gasteiger partial charge < -0.3 is 5.32 Å². The standard InChI is InChI=1S/C27H21F6N/c1-17(22-8-4-6-19-5-2-3-7-23(19)22)34-16-18-9-14-25(27(31,32)33)24(15-18)20-10-12-21(13-11-20)26(28,29)30/h2-15,17,34H,16H2,1H3/t17-/m1/s1. The smallest absolute Gasteiger partial charge is 0.306 e. The second kappa shape index (κ2) is 9.14. The monoisotopic (exact) mass is 473 g/mol. The molecule has 0 unspecified atom stereocenters. The Kier molecular flexibility index (Phi) is 6.41. The number of halogens is 6. The topological polar surface area (TPSA) is 12.0 Å². The molecule has 0 aliphatic heterocycles. The van der Waals surface area contributed by atoms with Crippen LogP contribution in [0.3, 0.4) is 0 Å². The van der Waals surface area contributed by atoms with Crippen molar-refractivity contribution in [1.29, 1.82) is 0 Å². The number of rotatable bonds is 5. The minimum Gasteiger partial charge on any atom is -0.306 e. The number of fused-ring (bicyclic) bond motifs is 1. The first-order chi connectivity index (χ1) is 16.0. The molecule has 0 saturated carbocycles. The van der Waals surface area contributed by atoms with Crippen molar-refractivity contribution >= 4 is 10.8 Å². The van der Waals surface area contributed by atoms with Gasteiger partial charge in [-0.25, -0.2) is 0 Å². The fourth-order valence-corrected chi connectivity index (χ4v) is 4.04. The Hall–Kier alpha value is -3.32. The highest BCUT2D eigenvalue weighted by Crippen LogP contribution is 2.39. The van der Waals surface area contributed by atoms with E-state index in [1.165, 1.54) is 12.1 Å². The normalized spacial score (nSPS) is 13.3. The number of benzene rings is 4. The predicted molar refractivity (Wildman–Crippen MR) is 121 cm³/mol. The van der Waals surface area contributed by atoms with Gasteiger partial charge >= 0.3 is 12.4 Å². The molecule has 0 spiro atoms. The van der Waals surface area contributed by atoms with Crippen LogP contribution in [0.5, 0.6) is 0 Å². The SMILES string of the molecule is C[C@@H](NCc1ccc(C(F)(F)F)c(-c2ccc(C(F)(F)F)cc2)c1)c1cccc2ccccc12. The Labute approximate surface area is 193 Å². The van der Waals surface area contributed by atoms with E-state index in [0.717, 1.165) is 46.7 Å². The van der Waals surface area contributed by atoms with Crippen LogP contribution in [0, 0.1) is 0 Å². The third kappa shape index (κ3) is 5.09. The van der Waals surface area contributed by atoms with Crippen molar-refractivity contribution in [3.8, 4) is 11.1 Å². The molecule has 0 saturated heterocycles. The maximum absolute atomic E-state index is 13.6. The van der Waals surface area contributed by atoms with Crippen molar-refractivity contribution in [2.24, 2.45) is 0 Å². The van der Waals surface area contributed by atoms with Crippen LogP contribution < -0.4 is 5.32 Å². The lowest BCUT2D eigenvalue weighted by Crippen LogP contribution is -2.18. The molecule has 4 aromatic carbocycles. The van der Waals surface area contributed by atoms with E-state index in [2.05, 4.69) is 5.32 Å². The van der Waals surface area contributed by atoms with Gasteiger partial charge in [-0.1, -0.05) is 60.7 Å². The predicted octanol–water partition coefficient (Wildman–Crippen LogP) is 8.40. The third-order valence-electron chi connectivity index (χ3n) is 5.81. The third-order valence-corrected chi connectivity index (χ3v) is 5.81. The molecule has 0 aliphatic rings. The first-order valence-electron chi connectivity index (χ1n) is 10.6. The van der Waals surface area contributed by atoms with Gasteiger partial charge in [-0.3, -0.25) is 0 Å². The molecule has 7 heteroatoms. The molecule has 0 amide bonds. The second-order valence-electron chi connectivity index (χ2n) is 8.12. The molecule has 0 bridgehead atoms. The minimum absolute atomic E-state index is 0.0734. The van der Waals surface area contributed by atoms with Gasteiger partial charge in [0.25, 0.3) is 0 Å². The molecule has 1 nitrogen and oxygen atoms in total. The molecular formula is C27H21F6N. The van der Waals surface area contributed by atoms with Gasteiger partial charge in [0.1, 0.15) is 0 Å². The van der Waals surface area contributed by atoms with E-state index in [1.807, 2.05) is 49.4 Å². The number of hydrogen-bond acceptors (Lipinski definition) is 1. The quantitative estimate of drug-likeness (QED) is 0.287.